The number of carbonyl (C=O) groups is 1. The van der Waals surface area contributed by atoms with Gasteiger partial charge in [-0.3, -0.25) is 9.78 Å². The molecule has 0 aliphatic carbocycles. The molecule has 2 aromatic carbocycles. The van der Waals surface area contributed by atoms with E-state index in [1.807, 2.05) is 0 Å². The van der Waals surface area contributed by atoms with Crippen LogP contribution in [-0.4, -0.2) is 40.2 Å². The van der Waals surface area contributed by atoms with Crippen molar-refractivity contribution in [1.29, 1.82) is 0 Å². The highest BCUT2D eigenvalue weighted by Crippen LogP contribution is 2.25. The van der Waals surface area contributed by atoms with Crippen molar-refractivity contribution in [2.24, 2.45) is 0 Å². The summed E-state index contributed by atoms with van der Waals surface area (Å²) < 4.78 is 46.9. The molecule has 0 fully saturated rings. The number of nitrogens with zero attached hydrogens (tertiary/aromatic N) is 1. The van der Waals surface area contributed by atoms with Crippen molar-refractivity contribution in [3.05, 3.63) is 72.4 Å². The molecule has 1 N–H and O–H groups in total. The number of amides is 1. The Labute approximate surface area is 169 Å². The van der Waals surface area contributed by atoms with Crippen molar-refractivity contribution in [1.82, 2.24) is 4.98 Å². The summed E-state index contributed by atoms with van der Waals surface area (Å²) in [6.07, 6.45) is 3.73. The zero-order chi connectivity index (χ0) is 21.2. The number of anilines is 1. The SMILES string of the molecule is CS(=O)(=O)c1ccc(NC(=O)c2ccc(-c3ncccc3S(C)(=O)=O)cc2)cc1. The Morgan fingerprint density at radius 3 is 2.00 bits per heavy atom. The molecule has 1 heterocycles. The second-order valence-corrected chi connectivity index (χ2v) is 10.5. The Bertz CT molecular complexity index is 1270. The van der Waals surface area contributed by atoms with E-state index in [2.05, 4.69) is 10.3 Å². The molecule has 0 radical (unpaired) electrons. The van der Waals surface area contributed by atoms with E-state index in [0.29, 0.717) is 22.5 Å². The fraction of sp³-hybridized carbons (Fsp3) is 0.100. The van der Waals surface area contributed by atoms with E-state index in [0.717, 1.165) is 12.5 Å². The highest BCUT2D eigenvalue weighted by molar-refractivity contribution is 7.91. The van der Waals surface area contributed by atoms with E-state index in [-0.39, 0.29) is 15.7 Å². The van der Waals surface area contributed by atoms with Gasteiger partial charge in [-0.1, -0.05) is 12.1 Å². The summed E-state index contributed by atoms with van der Waals surface area (Å²) in [4.78, 5) is 16.9. The molecule has 0 saturated heterocycles. The number of nitrogens with one attached hydrogen (secondary N) is 1. The van der Waals surface area contributed by atoms with E-state index in [1.165, 1.54) is 36.5 Å². The summed E-state index contributed by atoms with van der Waals surface area (Å²) in [5.41, 5.74) is 1.70. The summed E-state index contributed by atoms with van der Waals surface area (Å²) in [5.74, 6) is -0.381. The first-order valence-electron chi connectivity index (χ1n) is 8.43. The highest BCUT2D eigenvalue weighted by atomic mass is 32.2. The van der Waals surface area contributed by atoms with E-state index in [9.17, 15) is 21.6 Å². The fourth-order valence-corrected chi connectivity index (χ4v) is 4.15. The normalized spacial score (nSPS) is 11.8. The number of aromatic nitrogens is 1. The lowest BCUT2D eigenvalue weighted by molar-refractivity contribution is 0.102. The number of hydrogen-bond donors (Lipinski definition) is 1. The van der Waals surface area contributed by atoms with E-state index in [1.54, 1.807) is 30.3 Å². The van der Waals surface area contributed by atoms with Crippen LogP contribution in [0.25, 0.3) is 11.3 Å². The van der Waals surface area contributed by atoms with Gasteiger partial charge in [0.2, 0.25) is 0 Å². The van der Waals surface area contributed by atoms with Crippen LogP contribution in [0, 0.1) is 0 Å². The smallest absolute Gasteiger partial charge is 0.255 e. The standard InChI is InChI=1S/C20H18N2O5S2/c1-28(24,25)17-11-9-16(10-12-17)22-20(23)15-7-5-14(6-8-15)19-18(29(2,26)27)4-3-13-21-19/h3-13H,1-2H3,(H,22,23). The van der Waals surface area contributed by atoms with E-state index >= 15 is 0 Å². The summed E-state index contributed by atoms with van der Waals surface area (Å²) in [6.45, 7) is 0. The lowest BCUT2D eigenvalue weighted by Crippen LogP contribution is -2.12. The predicted molar refractivity (Wildman–Crippen MR) is 110 cm³/mol. The molecule has 9 heteroatoms. The molecule has 3 aromatic rings. The van der Waals surface area contributed by atoms with Crippen LogP contribution >= 0.6 is 0 Å². The van der Waals surface area contributed by atoms with Gasteiger partial charge in [0, 0.05) is 35.5 Å². The van der Waals surface area contributed by atoms with E-state index < -0.39 is 19.7 Å². The van der Waals surface area contributed by atoms with Crippen molar-refractivity contribution in [3.8, 4) is 11.3 Å². The zero-order valence-electron chi connectivity index (χ0n) is 15.7. The average molecular weight is 431 g/mol. The van der Waals surface area contributed by atoms with Crippen molar-refractivity contribution >= 4 is 31.3 Å². The molecule has 3 rings (SSSR count). The average Bonchev–Trinajstić information content (AvgIpc) is 2.67. The minimum Gasteiger partial charge on any atom is -0.322 e. The van der Waals surface area contributed by atoms with Crippen LogP contribution in [0.3, 0.4) is 0 Å². The summed E-state index contributed by atoms with van der Waals surface area (Å²) in [6, 6.07) is 15.3. The van der Waals surface area contributed by atoms with Crippen molar-refractivity contribution in [2.75, 3.05) is 17.8 Å². The highest BCUT2D eigenvalue weighted by Gasteiger charge is 2.16. The zero-order valence-corrected chi connectivity index (χ0v) is 17.3. The minimum absolute atomic E-state index is 0.114. The lowest BCUT2D eigenvalue weighted by atomic mass is 10.1. The molecular formula is C20H18N2O5S2. The third-order valence-electron chi connectivity index (χ3n) is 4.13. The fourth-order valence-electron chi connectivity index (χ4n) is 2.67. The number of hydrogen-bond acceptors (Lipinski definition) is 6. The maximum Gasteiger partial charge on any atom is 0.255 e. The molecular weight excluding hydrogens is 412 g/mol. The molecule has 0 saturated carbocycles. The van der Waals surface area contributed by atoms with Gasteiger partial charge in [-0.2, -0.15) is 0 Å². The van der Waals surface area contributed by atoms with Gasteiger partial charge in [-0.25, -0.2) is 16.8 Å². The van der Waals surface area contributed by atoms with Crippen molar-refractivity contribution < 1.29 is 21.6 Å². The second kappa shape index (κ2) is 7.76. The van der Waals surface area contributed by atoms with Crippen LogP contribution in [0.15, 0.2) is 76.7 Å². The largest absolute Gasteiger partial charge is 0.322 e. The monoisotopic (exact) mass is 430 g/mol. The topological polar surface area (TPSA) is 110 Å². The molecule has 1 amide bonds. The third-order valence-corrected chi connectivity index (χ3v) is 6.39. The molecule has 1 aromatic heterocycles. The quantitative estimate of drug-likeness (QED) is 0.666. The number of rotatable bonds is 5. The van der Waals surface area contributed by atoms with Crippen LogP contribution < -0.4 is 5.32 Å². The van der Waals surface area contributed by atoms with Gasteiger partial charge >= 0.3 is 0 Å². The van der Waals surface area contributed by atoms with Crippen LogP contribution in [0.4, 0.5) is 5.69 Å². The van der Waals surface area contributed by atoms with Gasteiger partial charge in [0.05, 0.1) is 15.5 Å². The van der Waals surface area contributed by atoms with Crippen LogP contribution in [-0.2, 0) is 19.7 Å². The van der Waals surface area contributed by atoms with Gasteiger partial charge in [-0.05, 0) is 48.5 Å². The number of sulfone groups is 2. The maximum absolute atomic E-state index is 12.4. The Kier molecular flexibility index (Phi) is 5.54. The van der Waals surface area contributed by atoms with Gasteiger partial charge in [0.15, 0.2) is 19.7 Å². The first kappa shape index (κ1) is 20.7. The first-order chi connectivity index (χ1) is 13.6. The van der Waals surface area contributed by atoms with E-state index in [4.69, 9.17) is 0 Å². The summed E-state index contributed by atoms with van der Waals surface area (Å²) >= 11 is 0. The van der Waals surface area contributed by atoms with Gasteiger partial charge < -0.3 is 5.32 Å². The van der Waals surface area contributed by atoms with Crippen LogP contribution in [0.2, 0.25) is 0 Å². The van der Waals surface area contributed by atoms with Gasteiger partial charge in [0.25, 0.3) is 5.91 Å². The third kappa shape index (κ3) is 4.87. The van der Waals surface area contributed by atoms with Crippen molar-refractivity contribution in [3.63, 3.8) is 0 Å². The Morgan fingerprint density at radius 1 is 0.828 bits per heavy atom. The molecule has 0 atom stereocenters. The molecule has 0 bridgehead atoms. The molecule has 0 aliphatic rings. The molecule has 7 nitrogen and oxygen atoms in total. The van der Waals surface area contributed by atoms with Crippen LogP contribution in [0.5, 0.6) is 0 Å². The number of benzene rings is 2. The Morgan fingerprint density at radius 2 is 1.45 bits per heavy atom. The molecule has 0 aliphatic heterocycles. The lowest BCUT2D eigenvalue weighted by Gasteiger charge is -2.09. The van der Waals surface area contributed by atoms with Gasteiger partial charge in [0.1, 0.15) is 0 Å². The van der Waals surface area contributed by atoms with Crippen LogP contribution in [0.1, 0.15) is 10.4 Å². The number of carbonyl (C=O) groups excluding carboxylic acids is 1. The first-order valence-corrected chi connectivity index (χ1v) is 12.2. The van der Waals surface area contributed by atoms with Crippen molar-refractivity contribution in [2.45, 2.75) is 9.79 Å². The molecule has 0 unspecified atom stereocenters. The summed E-state index contributed by atoms with van der Waals surface area (Å²) in [5, 5.41) is 2.69. The predicted octanol–water partition coefficient (Wildman–Crippen LogP) is 2.81. The maximum atomic E-state index is 12.4. The number of pyridine rings is 1. The Hall–Kier alpha value is -3.04. The second-order valence-electron chi connectivity index (χ2n) is 6.45. The Balaban J connectivity index is 1.82. The van der Waals surface area contributed by atoms with Gasteiger partial charge in [-0.15, -0.1) is 0 Å². The molecule has 0 spiro atoms. The molecule has 150 valence electrons. The summed E-state index contributed by atoms with van der Waals surface area (Å²) in [7, 11) is -6.75. The molecule has 29 heavy (non-hydrogen) atoms. The minimum atomic E-state index is -3.45.